The highest BCUT2D eigenvalue weighted by atomic mass is 16.1. The van der Waals surface area contributed by atoms with Crippen LogP contribution in [0.1, 0.15) is 24.8 Å². The van der Waals surface area contributed by atoms with E-state index in [1.807, 2.05) is 18.2 Å². The standard InChI is InChI=1S/C17H20N2O/c18-15-9-8-13(10-15)17(20)19-11-14-6-3-5-12-4-1-2-7-16(12)14/h1-7,13,15H,8-11,18H2,(H,19,20). The van der Waals surface area contributed by atoms with Gasteiger partial charge in [-0.1, -0.05) is 42.5 Å². The minimum Gasteiger partial charge on any atom is -0.352 e. The molecule has 1 aliphatic rings. The summed E-state index contributed by atoms with van der Waals surface area (Å²) >= 11 is 0. The Labute approximate surface area is 119 Å². The van der Waals surface area contributed by atoms with E-state index in [1.54, 1.807) is 0 Å². The Morgan fingerprint density at radius 2 is 1.95 bits per heavy atom. The van der Waals surface area contributed by atoms with Crippen molar-refractivity contribution in [1.82, 2.24) is 5.32 Å². The molecule has 0 spiro atoms. The van der Waals surface area contributed by atoms with Crippen LogP contribution in [0.25, 0.3) is 10.8 Å². The van der Waals surface area contributed by atoms with Crippen molar-refractivity contribution in [1.29, 1.82) is 0 Å². The maximum atomic E-state index is 12.1. The maximum absolute atomic E-state index is 12.1. The van der Waals surface area contributed by atoms with Gasteiger partial charge in [0.05, 0.1) is 0 Å². The van der Waals surface area contributed by atoms with E-state index in [-0.39, 0.29) is 17.9 Å². The summed E-state index contributed by atoms with van der Waals surface area (Å²) in [4.78, 5) is 12.1. The van der Waals surface area contributed by atoms with Gasteiger partial charge in [0.2, 0.25) is 5.91 Å². The molecular formula is C17H20N2O. The van der Waals surface area contributed by atoms with E-state index in [0.29, 0.717) is 6.54 Å². The molecule has 1 amide bonds. The van der Waals surface area contributed by atoms with E-state index >= 15 is 0 Å². The second kappa shape index (κ2) is 5.63. The van der Waals surface area contributed by atoms with Gasteiger partial charge in [-0.05, 0) is 35.6 Å². The smallest absolute Gasteiger partial charge is 0.223 e. The summed E-state index contributed by atoms with van der Waals surface area (Å²) in [6.45, 7) is 0.589. The molecule has 3 heteroatoms. The maximum Gasteiger partial charge on any atom is 0.223 e. The van der Waals surface area contributed by atoms with Crippen molar-refractivity contribution in [2.75, 3.05) is 0 Å². The molecule has 1 saturated carbocycles. The number of hydrogen-bond acceptors (Lipinski definition) is 2. The zero-order valence-electron chi connectivity index (χ0n) is 11.5. The van der Waals surface area contributed by atoms with E-state index in [0.717, 1.165) is 19.3 Å². The predicted octanol–water partition coefficient (Wildman–Crippen LogP) is 2.58. The number of carbonyl (C=O) groups is 1. The molecule has 3 nitrogen and oxygen atoms in total. The number of benzene rings is 2. The van der Waals surface area contributed by atoms with Crippen LogP contribution in [0.3, 0.4) is 0 Å². The third-order valence-corrected chi connectivity index (χ3v) is 4.18. The average molecular weight is 268 g/mol. The van der Waals surface area contributed by atoms with Crippen LogP contribution < -0.4 is 11.1 Å². The monoisotopic (exact) mass is 268 g/mol. The minimum absolute atomic E-state index is 0.0972. The summed E-state index contributed by atoms with van der Waals surface area (Å²) < 4.78 is 0. The van der Waals surface area contributed by atoms with E-state index in [1.165, 1.54) is 16.3 Å². The quantitative estimate of drug-likeness (QED) is 0.899. The second-order valence-electron chi connectivity index (χ2n) is 5.63. The normalized spacial score (nSPS) is 22.1. The van der Waals surface area contributed by atoms with Crippen molar-refractivity contribution in [3.63, 3.8) is 0 Å². The van der Waals surface area contributed by atoms with Crippen molar-refractivity contribution >= 4 is 16.7 Å². The molecule has 2 aromatic rings. The molecule has 0 aromatic heterocycles. The number of nitrogens with one attached hydrogen (secondary N) is 1. The Balaban J connectivity index is 1.69. The molecule has 2 atom stereocenters. The van der Waals surface area contributed by atoms with Gasteiger partial charge in [-0.15, -0.1) is 0 Å². The number of rotatable bonds is 3. The number of carbonyl (C=O) groups excluding carboxylic acids is 1. The molecule has 3 rings (SSSR count). The van der Waals surface area contributed by atoms with E-state index in [2.05, 4.69) is 29.6 Å². The molecule has 3 N–H and O–H groups in total. The van der Waals surface area contributed by atoms with Crippen LogP contribution in [0.15, 0.2) is 42.5 Å². The zero-order chi connectivity index (χ0) is 13.9. The molecule has 0 saturated heterocycles. The summed E-state index contributed by atoms with van der Waals surface area (Å²) in [6, 6.07) is 14.7. The third-order valence-electron chi connectivity index (χ3n) is 4.18. The predicted molar refractivity (Wildman–Crippen MR) is 81.1 cm³/mol. The lowest BCUT2D eigenvalue weighted by atomic mass is 10.0. The first-order valence-corrected chi connectivity index (χ1v) is 7.24. The SMILES string of the molecule is NC1CCC(C(=O)NCc2cccc3ccccc23)C1. The van der Waals surface area contributed by atoms with Crippen molar-refractivity contribution in [2.45, 2.75) is 31.8 Å². The van der Waals surface area contributed by atoms with Crippen molar-refractivity contribution in [3.8, 4) is 0 Å². The summed E-state index contributed by atoms with van der Waals surface area (Å²) in [5.74, 6) is 0.242. The van der Waals surface area contributed by atoms with E-state index < -0.39 is 0 Å². The molecule has 0 bridgehead atoms. The van der Waals surface area contributed by atoms with Crippen molar-refractivity contribution < 1.29 is 4.79 Å². The summed E-state index contributed by atoms with van der Waals surface area (Å²) in [5, 5.41) is 5.48. The third kappa shape index (κ3) is 2.68. The van der Waals surface area contributed by atoms with Gasteiger partial charge < -0.3 is 11.1 Å². The Bertz CT molecular complexity index is 618. The highest BCUT2D eigenvalue weighted by Gasteiger charge is 2.27. The van der Waals surface area contributed by atoms with Crippen LogP contribution in [0, 0.1) is 5.92 Å². The molecule has 1 aliphatic carbocycles. The highest BCUT2D eigenvalue weighted by molar-refractivity contribution is 5.86. The van der Waals surface area contributed by atoms with Gasteiger partial charge in [-0.3, -0.25) is 4.79 Å². The lowest BCUT2D eigenvalue weighted by Gasteiger charge is -2.12. The van der Waals surface area contributed by atoms with Gasteiger partial charge in [0.25, 0.3) is 0 Å². The molecular weight excluding hydrogens is 248 g/mol. The topological polar surface area (TPSA) is 55.1 Å². The first-order chi connectivity index (χ1) is 9.74. The number of fused-ring (bicyclic) bond motifs is 1. The molecule has 1 fully saturated rings. The van der Waals surface area contributed by atoms with Gasteiger partial charge >= 0.3 is 0 Å². The van der Waals surface area contributed by atoms with Crippen LogP contribution in [0.5, 0.6) is 0 Å². The fourth-order valence-electron chi connectivity index (χ4n) is 3.03. The van der Waals surface area contributed by atoms with Crippen LogP contribution in [-0.4, -0.2) is 11.9 Å². The first kappa shape index (κ1) is 13.1. The number of amides is 1. The van der Waals surface area contributed by atoms with Crippen molar-refractivity contribution in [3.05, 3.63) is 48.0 Å². The van der Waals surface area contributed by atoms with Gasteiger partial charge in [-0.2, -0.15) is 0 Å². The summed E-state index contributed by atoms with van der Waals surface area (Å²) in [7, 11) is 0. The fourth-order valence-corrected chi connectivity index (χ4v) is 3.03. The van der Waals surface area contributed by atoms with Crippen LogP contribution >= 0.6 is 0 Å². The Hall–Kier alpha value is -1.87. The minimum atomic E-state index is 0.0972. The molecule has 0 radical (unpaired) electrons. The van der Waals surface area contributed by atoms with Crippen LogP contribution in [-0.2, 0) is 11.3 Å². The highest BCUT2D eigenvalue weighted by Crippen LogP contribution is 2.24. The van der Waals surface area contributed by atoms with E-state index in [4.69, 9.17) is 5.73 Å². The van der Waals surface area contributed by atoms with Gasteiger partial charge in [-0.25, -0.2) is 0 Å². The van der Waals surface area contributed by atoms with Crippen LogP contribution in [0.2, 0.25) is 0 Å². The zero-order valence-corrected chi connectivity index (χ0v) is 11.5. The lowest BCUT2D eigenvalue weighted by Crippen LogP contribution is -2.30. The van der Waals surface area contributed by atoms with Gasteiger partial charge in [0.15, 0.2) is 0 Å². The molecule has 0 aliphatic heterocycles. The molecule has 2 aromatic carbocycles. The molecule has 20 heavy (non-hydrogen) atoms. The second-order valence-corrected chi connectivity index (χ2v) is 5.63. The number of hydrogen-bond donors (Lipinski definition) is 2. The summed E-state index contributed by atoms with van der Waals surface area (Å²) in [5.41, 5.74) is 7.03. The number of nitrogens with two attached hydrogens (primary N) is 1. The Morgan fingerprint density at radius 1 is 1.15 bits per heavy atom. The first-order valence-electron chi connectivity index (χ1n) is 7.24. The molecule has 2 unspecified atom stereocenters. The fraction of sp³-hybridized carbons (Fsp3) is 0.353. The van der Waals surface area contributed by atoms with Crippen LogP contribution in [0.4, 0.5) is 0 Å². The summed E-state index contributed by atoms with van der Waals surface area (Å²) in [6.07, 6.45) is 2.70. The average Bonchev–Trinajstić information content (AvgIpc) is 2.91. The largest absolute Gasteiger partial charge is 0.352 e. The Kier molecular flexibility index (Phi) is 3.70. The van der Waals surface area contributed by atoms with Gasteiger partial charge in [0.1, 0.15) is 0 Å². The van der Waals surface area contributed by atoms with E-state index in [9.17, 15) is 4.79 Å². The van der Waals surface area contributed by atoms with Crippen molar-refractivity contribution in [2.24, 2.45) is 11.7 Å². The Morgan fingerprint density at radius 3 is 2.75 bits per heavy atom. The van der Waals surface area contributed by atoms with Gasteiger partial charge in [0, 0.05) is 18.5 Å². The molecule has 104 valence electrons. The molecule has 0 heterocycles. The lowest BCUT2D eigenvalue weighted by molar-refractivity contribution is -0.125.